The maximum absolute atomic E-state index is 12.7. The second kappa shape index (κ2) is 5.31. The molecule has 1 saturated heterocycles. The molecule has 3 nitrogen and oxygen atoms in total. The minimum absolute atomic E-state index is 0.0598. The van der Waals surface area contributed by atoms with E-state index in [1.807, 2.05) is 27.7 Å². The van der Waals surface area contributed by atoms with Gasteiger partial charge in [-0.2, -0.15) is 13.2 Å². The predicted octanol–water partition coefficient (Wildman–Crippen LogP) is 4.06. The van der Waals surface area contributed by atoms with Gasteiger partial charge in [-0.05, 0) is 33.8 Å². The van der Waals surface area contributed by atoms with Crippen LogP contribution in [0.4, 0.5) is 13.2 Å². The fourth-order valence-electron chi connectivity index (χ4n) is 2.07. The third-order valence-electron chi connectivity index (χ3n) is 4.08. The van der Waals surface area contributed by atoms with Crippen molar-refractivity contribution < 1.29 is 27.6 Å². The Morgan fingerprint density at radius 1 is 1.09 bits per heavy atom. The molecule has 0 unspecified atom stereocenters. The lowest BCUT2D eigenvalue weighted by atomic mass is 9.89. The lowest BCUT2D eigenvalue weighted by Gasteiger charge is -2.32. The molecule has 2 rings (SSSR count). The van der Waals surface area contributed by atoms with Crippen molar-refractivity contribution in [2.75, 3.05) is 0 Å². The molecule has 0 atom stereocenters. The van der Waals surface area contributed by atoms with Gasteiger partial charge in [-0.15, -0.1) is 0 Å². The molecule has 1 aromatic carbocycles. The minimum atomic E-state index is -4.60. The number of hydrogen-bond acceptors (Lipinski definition) is 3. The Labute approximate surface area is 127 Å². The molecule has 7 heteroatoms. The number of benzene rings is 1. The van der Waals surface area contributed by atoms with Gasteiger partial charge < -0.3 is 14.4 Å². The van der Waals surface area contributed by atoms with E-state index in [1.54, 1.807) is 0 Å². The van der Waals surface area contributed by atoms with Gasteiger partial charge in [0.2, 0.25) is 0 Å². The number of alkyl halides is 3. The second-order valence-corrected chi connectivity index (χ2v) is 6.22. The Balaban J connectivity index is 2.23. The van der Waals surface area contributed by atoms with Gasteiger partial charge in [0.1, 0.15) is 5.75 Å². The number of para-hydroxylation sites is 1. The van der Waals surface area contributed by atoms with Gasteiger partial charge in [-0.3, -0.25) is 0 Å². The van der Waals surface area contributed by atoms with Crippen molar-refractivity contribution in [2.45, 2.75) is 45.1 Å². The Kier molecular flexibility index (Phi) is 4.08. The van der Waals surface area contributed by atoms with Crippen LogP contribution in [0, 0.1) is 0 Å². The Hall–Kier alpha value is -1.47. The molecule has 1 heterocycles. The van der Waals surface area contributed by atoms with E-state index in [2.05, 4.69) is 0 Å². The number of halogens is 3. The molecule has 1 aliphatic heterocycles. The Morgan fingerprint density at radius 2 is 1.64 bits per heavy atom. The van der Waals surface area contributed by atoms with Crippen LogP contribution in [0.2, 0.25) is 0 Å². The summed E-state index contributed by atoms with van der Waals surface area (Å²) in [6.07, 6.45) is -3.23. The van der Waals surface area contributed by atoms with Crippen LogP contribution in [0.1, 0.15) is 38.8 Å². The number of phenols is 1. The van der Waals surface area contributed by atoms with Crippen LogP contribution in [-0.4, -0.2) is 23.4 Å². The van der Waals surface area contributed by atoms with E-state index in [9.17, 15) is 18.3 Å². The zero-order valence-corrected chi connectivity index (χ0v) is 12.9. The first-order valence-electron chi connectivity index (χ1n) is 6.87. The first kappa shape index (κ1) is 16.9. The van der Waals surface area contributed by atoms with Crippen molar-refractivity contribution in [1.29, 1.82) is 0 Å². The van der Waals surface area contributed by atoms with Crippen LogP contribution >= 0.6 is 0 Å². The van der Waals surface area contributed by atoms with Gasteiger partial charge in [-0.25, -0.2) is 0 Å². The molecule has 0 aromatic heterocycles. The molecule has 22 heavy (non-hydrogen) atoms. The number of aromatic hydroxyl groups is 1. The van der Waals surface area contributed by atoms with Gasteiger partial charge in [0.05, 0.1) is 16.8 Å². The fraction of sp³-hybridized carbons (Fsp3) is 0.467. The van der Waals surface area contributed by atoms with Gasteiger partial charge >= 0.3 is 13.3 Å². The van der Waals surface area contributed by atoms with E-state index in [1.165, 1.54) is 24.2 Å². The molecular weight excluding hydrogens is 296 g/mol. The first-order valence-corrected chi connectivity index (χ1v) is 6.87. The molecule has 1 fully saturated rings. The normalized spacial score (nSPS) is 20.8. The lowest BCUT2D eigenvalue weighted by Crippen LogP contribution is -2.41. The SMILES string of the molecule is CC1(C)OB(/C=C/c2cccc(C(F)(F)F)c2O)OC1(C)C. The monoisotopic (exact) mass is 314 g/mol. The van der Waals surface area contributed by atoms with E-state index in [-0.39, 0.29) is 5.56 Å². The molecule has 0 amide bonds. The van der Waals surface area contributed by atoms with E-state index in [4.69, 9.17) is 9.31 Å². The van der Waals surface area contributed by atoms with Crippen LogP contribution in [0.3, 0.4) is 0 Å². The summed E-state index contributed by atoms with van der Waals surface area (Å²) in [5.74, 6) is 0.689. The van der Waals surface area contributed by atoms with Crippen LogP contribution in [-0.2, 0) is 15.5 Å². The van der Waals surface area contributed by atoms with Crippen molar-refractivity contribution >= 4 is 13.2 Å². The van der Waals surface area contributed by atoms with Crippen LogP contribution in [0.5, 0.6) is 5.75 Å². The summed E-state index contributed by atoms with van der Waals surface area (Å²) >= 11 is 0. The largest absolute Gasteiger partial charge is 0.507 e. The average Bonchev–Trinajstić information content (AvgIpc) is 2.55. The van der Waals surface area contributed by atoms with E-state index in [0.29, 0.717) is 0 Å². The Morgan fingerprint density at radius 3 is 2.14 bits per heavy atom. The zero-order chi connectivity index (χ0) is 16.8. The van der Waals surface area contributed by atoms with Crippen molar-refractivity contribution in [3.8, 4) is 5.75 Å². The van der Waals surface area contributed by atoms with Gasteiger partial charge in [-0.1, -0.05) is 24.2 Å². The van der Waals surface area contributed by atoms with Gasteiger partial charge in [0.25, 0.3) is 0 Å². The highest BCUT2D eigenvalue weighted by molar-refractivity contribution is 6.52. The summed E-state index contributed by atoms with van der Waals surface area (Å²) in [6, 6.07) is 3.47. The molecule has 0 spiro atoms. The highest BCUT2D eigenvalue weighted by atomic mass is 19.4. The lowest BCUT2D eigenvalue weighted by molar-refractivity contribution is -0.138. The number of rotatable bonds is 2. The molecule has 0 saturated carbocycles. The van der Waals surface area contributed by atoms with Crippen molar-refractivity contribution in [3.63, 3.8) is 0 Å². The molecule has 1 N–H and O–H groups in total. The average molecular weight is 314 g/mol. The highest BCUT2D eigenvalue weighted by Crippen LogP contribution is 2.39. The molecule has 0 bridgehead atoms. The summed E-state index contributed by atoms with van der Waals surface area (Å²) in [7, 11) is -0.682. The fourth-order valence-corrected chi connectivity index (χ4v) is 2.07. The quantitative estimate of drug-likeness (QED) is 0.837. The third kappa shape index (κ3) is 3.15. The third-order valence-corrected chi connectivity index (χ3v) is 4.08. The van der Waals surface area contributed by atoms with Crippen molar-refractivity contribution in [3.05, 3.63) is 35.3 Å². The summed E-state index contributed by atoms with van der Waals surface area (Å²) < 4.78 is 49.6. The van der Waals surface area contributed by atoms with E-state index in [0.717, 1.165) is 6.07 Å². The predicted molar refractivity (Wildman–Crippen MR) is 78.2 cm³/mol. The van der Waals surface area contributed by atoms with E-state index >= 15 is 0 Å². The standard InChI is InChI=1S/C15H18BF3O3/c1-13(2)14(3,4)22-16(21-13)9-8-10-6-5-7-11(12(10)20)15(17,18)19/h5-9,20H,1-4H3/b9-8+. The summed E-state index contributed by atoms with van der Waals surface area (Å²) in [5, 5.41) is 9.75. The summed E-state index contributed by atoms with van der Waals surface area (Å²) in [4.78, 5) is 0. The number of hydrogen-bond donors (Lipinski definition) is 1. The van der Waals surface area contributed by atoms with Crippen LogP contribution < -0.4 is 0 Å². The smallest absolute Gasteiger partial charge is 0.487 e. The maximum Gasteiger partial charge on any atom is 0.487 e. The summed E-state index contributed by atoms with van der Waals surface area (Å²) in [5.41, 5.74) is -2.07. The molecule has 1 aliphatic rings. The van der Waals surface area contributed by atoms with Crippen molar-refractivity contribution in [1.82, 2.24) is 0 Å². The summed E-state index contributed by atoms with van der Waals surface area (Å²) in [6.45, 7) is 7.51. The highest BCUT2D eigenvalue weighted by Gasteiger charge is 2.50. The van der Waals surface area contributed by atoms with Crippen LogP contribution in [0.25, 0.3) is 6.08 Å². The molecule has 0 radical (unpaired) electrons. The Bertz CT molecular complexity index is 578. The second-order valence-electron chi connectivity index (χ2n) is 6.22. The zero-order valence-electron chi connectivity index (χ0n) is 12.9. The maximum atomic E-state index is 12.7. The van der Waals surface area contributed by atoms with Crippen molar-refractivity contribution in [2.24, 2.45) is 0 Å². The van der Waals surface area contributed by atoms with E-state index < -0.39 is 35.8 Å². The number of phenolic OH excluding ortho intramolecular Hbond substituents is 1. The topological polar surface area (TPSA) is 38.7 Å². The molecule has 0 aliphatic carbocycles. The first-order chi connectivity index (χ1) is 9.94. The molecular formula is C15H18BF3O3. The minimum Gasteiger partial charge on any atom is -0.507 e. The van der Waals surface area contributed by atoms with Gasteiger partial charge in [0.15, 0.2) is 0 Å². The van der Waals surface area contributed by atoms with Gasteiger partial charge in [0, 0.05) is 5.56 Å². The molecule has 1 aromatic rings. The van der Waals surface area contributed by atoms with Crippen LogP contribution in [0.15, 0.2) is 24.2 Å². The molecule has 120 valence electrons.